The van der Waals surface area contributed by atoms with Gasteiger partial charge in [-0.25, -0.2) is 4.68 Å². The minimum atomic E-state index is -1.84. The summed E-state index contributed by atoms with van der Waals surface area (Å²) in [5.41, 5.74) is -3.05. The number of benzene rings is 1. The van der Waals surface area contributed by atoms with Crippen LogP contribution in [0.2, 0.25) is 0 Å². The number of nitrogens with zero attached hydrogens (tertiary/aromatic N) is 5. The van der Waals surface area contributed by atoms with Crippen molar-refractivity contribution < 1.29 is 63.9 Å². The van der Waals surface area contributed by atoms with Gasteiger partial charge in [-0.2, -0.15) is 0 Å². The van der Waals surface area contributed by atoms with Gasteiger partial charge in [0, 0.05) is 61.7 Å². The van der Waals surface area contributed by atoms with Gasteiger partial charge < -0.3 is 68.9 Å². The van der Waals surface area contributed by atoms with Crippen LogP contribution in [0.4, 0.5) is 0 Å². The molecular weight excluding hydrogens is 946 g/mol. The van der Waals surface area contributed by atoms with Crippen LogP contribution in [0, 0.1) is 17.8 Å². The van der Waals surface area contributed by atoms with Gasteiger partial charge >= 0.3 is 5.97 Å². The van der Waals surface area contributed by atoms with Crippen molar-refractivity contribution in [2.45, 2.75) is 204 Å². The molecule has 19 heteroatoms. The molecule has 68 heavy (non-hydrogen) atoms. The van der Waals surface area contributed by atoms with Crippen LogP contribution in [-0.4, -0.2) is 186 Å². The van der Waals surface area contributed by atoms with Crippen molar-refractivity contribution in [2.24, 2.45) is 17.8 Å². The first-order chi connectivity index (χ1) is 31.7. The third-order valence-corrected chi connectivity index (χ3v) is 15.6. The van der Waals surface area contributed by atoms with E-state index in [4.69, 9.17) is 28.4 Å². The number of likely N-dealkylation sites (N-methyl/N-ethyl adjacent to an activating group) is 2. The number of methoxy groups -OCH3 is 1. The molecule has 4 heterocycles. The quantitative estimate of drug-likeness (QED) is 0.158. The van der Waals surface area contributed by atoms with Crippen LogP contribution in [0.1, 0.15) is 112 Å². The molecule has 3 aliphatic heterocycles. The van der Waals surface area contributed by atoms with Gasteiger partial charge in [-0.15, -0.1) is 5.10 Å². The minimum absolute atomic E-state index is 0.0991. The van der Waals surface area contributed by atoms with Gasteiger partial charge in [0.1, 0.15) is 30.0 Å². The number of cyclic esters (lactones) is 1. The molecule has 2 aromatic rings. The molecule has 0 amide bonds. The highest BCUT2D eigenvalue weighted by Crippen LogP contribution is 2.40. The number of halogens is 1. The Bertz CT molecular complexity index is 1890. The lowest BCUT2D eigenvalue weighted by Gasteiger charge is -2.49. The predicted octanol–water partition coefficient (Wildman–Crippen LogP) is 3.60. The summed E-state index contributed by atoms with van der Waals surface area (Å²) in [5, 5.41) is 79.0. The Labute approximate surface area is 411 Å². The van der Waals surface area contributed by atoms with E-state index in [1.54, 1.807) is 46.2 Å². The third-order valence-electron chi connectivity index (χ3n) is 15.0. The molecular formula is C49H82BrN5O13. The van der Waals surface area contributed by atoms with Gasteiger partial charge in [0.05, 0.1) is 59.9 Å². The zero-order valence-electron chi connectivity index (χ0n) is 42.4. The lowest BCUT2D eigenvalue weighted by molar-refractivity contribution is -0.318. The second kappa shape index (κ2) is 23.6. The fourth-order valence-corrected chi connectivity index (χ4v) is 10.9. The van der Waals surface area contributed by atoms with E-state index < -0.39 is 108 Å². The van der Waals surface area contributed by atoms with Gasteiger partial charge in [0.25, 0.3) is 0 Å². The number of aromatic nitrogens is 3. The second-order valence-electron chi connectivity index (χ2n) is 20.9. The Hall–Kier alpha value is -2.21. The standard InChI is InChI=1S/C49H82BrN5O13/c1-14-38-49(10,62)42(58)31(6)54(12)24-27(2)22-47(8,61)44(29(4)41(30(5)45(60)66-38)67-39-23-48(9,63-13)43(59)32(7)65-39)68-46-40(57)36(21-28(3)64-46)53(11)20-19-35-25-55(52-51-35)26-37(56)33-15-17-34(50)18-16-33/h15-18,25,27-32,36-44,46,56-59,61-62H,14,19-24,26H2,1-13H3/t27-,28-,29+,30-,31-,32+,36+,37-,38-,39+,40-,41+,42-,43+,44-,46+,47-,48-,49-/m1/s1. The van der Waals surface area contributed by atoms with Crippen LogP contribution in [0.5, 0.6) is 0 Å². The van der Waals surface area contributed by atoms with Crippen molar-refractivity contribution >= 4 is 21.9 Å². The topological polar surface area (TPSA) is 231 Å². The number of ether oxygens (including phenoxy) is 6. The summed E-state index contributed by atoms with van der Waals surface area (Å²) in [6, 6.07) is 6.45. The average molecular weight is 1030 g/mol. The van der Waals surface area contributed by atoms with Gasteiger partial charge in [-0.05, 0) is 105 Å². The van der Waals surface area contributed by atoms with Crippen molar-refractivity contribution in [2.75, 3.05) is 34.3 Å². The molecule has 1 aromatic carbocycles. The molecule has 1 aromatic heterocycles. The Morgan fingerprint density at radius 1 is 0.985 bits per heavy atom. The van der Waals surface area contributed by atoms with Crippen LogP contribution < -0.4 is 0 Å². The number of esters is 1. The first-order valence-corrected chi connectivity index (χ1v) is 25.1. The average Bonchev–Trinajstić information content (AvgIpc) is 3.73. The summed E-state index contributed by atoms with van der Waals surface area (Å²) in [4.78, 5) is 18.4. The summed E-state index contributed by atoms with van der Waals surface area (Å²) in [5.74, 6) is -2.79. The van der Waals surface area contributed by atoms with Crippen molar-refractivity contribution in [3.05, 3.63) is 46.2 Å². The van der Waals surface area contributed by atoms with Gasteiger partial charge in [-0.1, -0.05) is 54.0 Å². The number of aliphatic hydroxyl groups is 6. The van der Waals surface area contributed by atoms with E-state index in [9.17, 15) is 35.4 Å². The van der Waals surface area contributed by atoms with E-state index in [2.05, 4.69) is 26.2 Å². The summed E-state index contributed by atoms with van der Waals surface area (Å²) in [7, 11) is 5.25. The highest BCUT2D eigenvalue weighted by atomic mass is 79.9. The molecule has 0 bridgehead atoms. The fourth-order valence-electron chi connectivity index (χ4n) is 10.6. The van der Waals surface area contributed by atoms with Crippen molar-refractivity contribution in [3.8, 4) is 0 Å². The molecule has 19 atom stereocenters. The van der Waals surface area contributed by atoms with Gasteiger partial charge in [0.15, 0.2) is 12.6 Å². The number of carbonyl (C=O) groups is 1. The van der Waals surface area contributed by atoms with Crippen LogP contribution >= 0.6 is 15.9 Å². The minimum Gasteiger partial charge on any atom is -0.459 e. The molecule has 18 nitrogen and oxygen atoms in total. The zero-order chi connectivity index (χ0) is 50.6. The van der Waals surface area contributed by atoms with E-state index in [0.29, 0.717) is 25.9 Å². The molecule has 3 aliphatic rings. The maximum Gasteiger partial charge on any atom is 0.311 e. The Morgan fingerprint density at radius 2 is 1.65 bits per heavy atom. The van der Waals surface area contributed by atoms with E-state index in [-0.39, 0.29) is 37.8 Å². The maximum absolute atomic E-state index is 14.5. The predicted molar refractivity (Wildman–Crippen MR) is 256 cm³/mol. The molecule has 3 saturated heterocycles. The monoisotopic (exact) mass is 1030 g/mol. The highest BCUT2D eigenvalue weighted by Gasteiger charge is 2.53. The van der Waals surface area contributed by atoms with E-state index in [1.165, 1.54) is 14.0 Å². The summed E-state index contributed by atoms with van der Waals surface area (Å²) in [6.07, 6.45) is -7.56. The van der Waals surface area contributed by atoms with Crippen molar-refractivity contribution in [1.82, 2.24) is 24.8 Å². The van der Waals surface area contributed by atoms with Crippen LogP contribution in [0.25, 0.3) is 0 Å². The van der Waals surface area contributed by atoms with E-state index in [1.807, 2.05) is 75.1 Å². The number of hydrogen-bond donors (Lipinski definition) is 6. The number of carbonyl (C=O) groups excluding carboxylic acids is 1. The lowest BCUT2D eigenvalue weighted by Crippen LogP contribution is -2.61. The smallest absolute Gasteiger partial charge is 0.311 e. The molecule has 388 valence electrons. The summed E-state index contributed by atoms with van der Waals surface area (Å²) >= 11 is 3.43. The Morgan fingerprint density at radius 3 is 2.28 bits per heavy atom. The van der Waals surface area contributed by atoms with Crippen molar-refractivity contribution in [3.63, 3.8) is 0 Å². The third kappa shape index (κ3) is 13.4. The van der Waals surface area contributed by atoms with Crippen LogP contribution in [-0.2, 0) is 46.2 Å². The molecule has 0 aliphatic carbocycles. The molecule has 0 saturated carbocycles. The Balaban J connectivity index is 1.44. The number of hydrogen-bond acceptors (Lipinski definition) is 17. The molecule has 0 unspecified atom stereocenters. The highest BCUT2D eigenvalue weighted by molar-refractivity contribution is 9.10. The number of rotatable bonds is 13. The Kier molecular flexibility index (Phi) is 19.6. The van der Waals surface area contributed by atoms with E-state index >= 15 is 0 Å². The first kappa shape index (κ1) is 56.7. The fraction of sp³-hybridized carbons (Fsp3) is 0.816. The molecule has 0 spiro atoms. The van der Waals surface area contributed by atoms with Gasteiger partial charge in [-0.3, -0.25) is 4.79 Å². The SMILES string of the molecule is CC[C@H]1OC(=O)[C@H](C)[C@@H](O[C@H]2C[C@@](C)(OC)[C@@H](O)[C@H](C)O2)[C@H](C)[C@@H](O[C@@H]2O[C@H](C)C[C@H](N(C)CCc3cn(C[C@@H](O)c4ccc(Br)cc4)nn3)[C@H]2O)[C@](C)(O)C[C@@H](C)CN(C)[C@H](C)[C@@H](O)[C@]1(C)O. The number of aliphatic hydroxyl groups excluding tert-OH is 4. The normalized spacial score (nSPS) is 41.2. The van der Waals surface area contributed by atoms with Gasteiger partial charge in [0.2, 0.25) is 0 Å². The van der Waals surface area contributed by atoms with Crippen LogP contribution in [0.15, 0.2) is 34.9 Å². The zero-order valence-corrected chi connectivity index (χ0v) is 44.0. The van der Waals surface area contributed by atoms with E-state index in [0.717, 1.165) is 15.7 Å². The summed E-state index contributed by atoms with van der Waals surface area (Å²) in [6.45, 7) is 18.7. The second-order valence-corrected chi connectivity index (χ2v) is 21.8. The first-order valence-electron chi connectivity index (χ1n) is 24.3. The molecule has 6 N–H and O–H groups in total. The molecule has 5 rings (SSSR count). The maximum atomic E-state index is 14.5. The van der Waals surface area contributed by atoms with Crippen molar-refractivity contribution in [1.29, 1.82) is 0 Å². The largest absolute Gasteiger partial charge is 0.459 e. The molecule has 0 radical (unpaired) electrons. The van der Waals surface area contributed by atoms with Crippen LogP contribution in [0.3, 0.4) is 0 Å². The molecule has 3 fully saturated rings. The lowest BCUT2D eigenvalue weighted by atomic mass is 9.77. The summed E-state index contributed by atoms with van der Waals surface area (Å²) < 4.78 is 40.8.